The molecule has 0 amide bonds. The van der Waals surface area contributed by atoms with Gasteiger partial charge in [0.15, 0.2) is 0 Å². The van der Waals surface area contributed by atoms with Crippen LogP contribution in [-0.2, 0) is 0 Å². The van der Waals surface area contributed by atoms with E-state index < -0.39 is 0 Å². The van der Waals surface area contributed by atoms with Crippen molar-refractivity contribution in [3.05, 3.63) is 52.9 Å². The highest BCUT2D eigenvalue weighted by Crippen LogP contribution is 2.21. The van der Waals surface area contributed by atoms with Gasteiger partial charge in [-0.25, -0.2) is 0 Å². The summed E-state index contributed by atoms with van der Waals surface area (Å²) in [4.78, 5) is 0. The van der Waals surface area contributed by atoms with E-state index in [1.54, 1.807) is 12.1 Å². The van der Waals surface area contributed by atoms with E-state index in [2.05, 4.69) is 6.08 Å². The van der Waals surface area contributed by atoms with Gasteiger partial charge in [0, 0.05) is 5.02 Å². The summed E-state index contributed by atoms with van der Waals surface area (Å²) in [5, 5.41) is 0.698. The van der Waals surface area contributed by atoms with Crippen molar-refractivity contribution < 1.29 is 4.74 Å². The molecule has 1 aliphatic rings. The minimum Gasteiger partial charge on any atom is -0.456 e. The van der Waals surface area contributed by atoms with Crippen molar-refractivity contribution >= 4 is 11.6 Å². The van der Waals surface area contributed by atoms with Crippen LogP contribution >= 0.6 is 11.6 Å². The maximum Gasteiger partial charge on any atom is 0.145 e. The number of halogens is 1. The first kappa shape index (κ1) is 13.7. The third-order valence-corrected chi connectivity index (χ3v) is 2.46. The smallest absolute Gasteiger partial charge is 0.145 e. The average Bonchev–Trinajstić information content (AvgIpc) is 2.37. The Morgan fingerprint density at radius 1 is 1.18 bits per heavy atom. The molecule has 0 spiro atoms. The van der Waals surface area contributed by atoms with Gasteiger partial charge in [-0.05, 0) is 43.2 Å². The van der Waals surface area contributed by atoms with Gasteiger partial charge in [0.05, 0.1) is 5.70 Å². The number of ether oxygens (including phenoxy) is 1. The van der Waals surface area contributed by atoms with Gasteiger partial charge in [0.25, 0.3) is 0 Å². The van der Waals surface area contributed by atoms with Gasteiger partial charge in [-0.15, -0.1) is 0 Å². The maximum absolute atomic E-state index is 5.83. The molecule has 2 rings (SSSR count). The van der Waals surface area contributed by atoms with Crippen molar-refractivity contribution in [2.24, 2.45) is 5.73 Å². The molecule has 1 aliphatic carbocycles. The van der Waals surface area contributed by atoms with Crippen molar-refractivity contribution in [2.75, 3.05) is 0 Å². The summed E-state index contributed by atoms with van der Waals surface area (Å²) in [7, 11) is 0. The van der Waals surface area contributed by atoms with E-state index in [-0.39, 0.29) is 0 Å². The Bertz CT molecular complexity index is 407. The Morgan fingerprint density at radius 2 is 1.82 bits per heavy atom. The van der Waals surface area contributed by atoms with Crippen LogP contribution in [0.1, 0.15) is 26.7 Å². The molecule has 0 atom stereocenters. The minimum absolute atomic E-state index is 0.698. The number of hydrogen-bond donors (Lipinski definition) is 1. The molecule has 2 N–H and O–H groups in total. The van der Waals surface area contributed by atoms with E-state index >= 15 is 0 Å². The summed E-state index contributed by atoms with van der Waals surface area (Å²) in [6.07, 6.45) is 5.81. The molecule has 0 saturated carbocycles. The fraction of sp³-hybridized carbons (Fsp3) is 0.286. The molecule has 0 aromatic heterocycles. The van der Waals surface area contributed by atoms with Crippen LogP contribution < -0.4 is 10.5 Å². The summed E-state index contributed by atoms with van der Waals surface area (Å²) >= 11 is 5.78. The van der Waals surface area contributed by atoms with E-state index in [0.717, 1.165) is 30.0 Å². The lowest BCUT2D eigenvalue weighted by Crippen LogP contribution is -2.08. The first-order chi connectivity index (χ1) is 8.25. The van der Waals surface area contributed by atoms with Crippen LogP contribution in [0.3, 0.4) is 0 Å². The molecule has 92 valence electrons. The van der Waals surface area contributed by atoms with Crippen LogP contribution in [-0.4, -0.2) is 0 Å². The molecule has 0 unspecified atom stereocenters. The molecular formula is C14H18ClNO. The fourth-order valence-corrected chi connectivity index (χ4v) is 1.51. The highest BCUT2D eigenvalue weighted by Gasteiger charge is 2.06. The number of benzene rings is 1. The van der Waals surface area contributed by atoms with Crippen molar-refractivity contribution in [2.45, 2.75) is 26.7 Å². The van der Waals surface area contributed by atoms with Gasteiger partial charge in [-0.3, -0.25) is 0 Å². The predicted molar refractivity (Wildman–Crippen MR) is 73.0 cm³/mol. The molecule has 0 fully saturated rings. The van der Waals surface area contributed by atoms with Gasteiger partial charge < -0.3 is 10.5 Å². The summed E-state index contributed by atoms with van der Waals surface area (Å²) in [6, 6.07) is 7.23. The van der Waals surface area contributed by atoms with Crippen molar-refractivity contribution in [1.29, 1.82) is 0 Å². The topological polar surface area (TPSA) is 35.2 Å². The van der Waals surface area contributed by atoms with Gasteiger partial charge in [-0.1, -0.05) is 31.5 Å². The Balaban J connectivity index is 0.000000686. The third kappa shape index (κ3) is 4.16. The van der Waals surface area contributed by atoms with Crippen LogP contribution in [0.4, 0.5) is 0 Å². The van der Waals surface area contributed by atoms with Gasteiger partial charge in [0.2, 0.25) is 0 Å². The van der Waals surface area contributed by atoms with Crippen LogP contribution in [0.2, 0.25) is 5.02 Å². The van der Waals surface area contributed by atoms with E-state index in [4.69, 9.17) is 22.1 Å². The van der Waals surface area contributed by atoms with Gasteiger partial charge in [-0.2, -0.15) is 0 Å². The third-order valence-electron chi connectivity index (χ3n) is 2.21. The molecule has 0 radical (unpaired) electrons. The fourth-order valence-electron chi connectivity index (χ4n) is 1.39. The standard InChI is InChI=1S/C12H12ClNO.C2H6/c13-9-5-7-10(8-6-9)15-12-4-2-1-3-11(12)14;1-2/h2,4-8H,1,3,14H2;1-2H3. The predicted octanol–water partition coefficient (Wildman–Crippen LogP) is 4.27. The molecule has 1 aromatic carbocycles. The second-order valence-electron chi connectivity index (χ2n) is 3.39. The highest BCUT2D eigenvalue weighted by molar-refractivity contribution is 6.30. The first-order valence-electron chi connectivity index (χ1n) is 5.84. The largest absolute Gasteiger partial charge is 0.456 e. The molecule has 0 heterocycles. The Morgan fingerprint density at radius 3 is 2.41 bits per heavy atom. The lowest BCUT2D eigenvalue weighted by atomic mass is 10.1. The van der Waals surface area contributed by atoms with Gasteiger partial charge in [0.1, 0.15) is 11.5 Å². The van der Waals surface area contributed by atoms with E-state index in [9.17, 15) is 0 Å². The second-order valence-corrected chi connectivity index (χ2v) is 3.82. The lowest BCUT2D eigenvalue weighted by Gasteiger charge is -2.13. The van der Waals surface area contributed by atoms with Gasteiger partial charge >= 0.3 is 0 Å². The van der Waals surface area contributed by atoms with Crippen molar-refractivity contribution in [3.8, 4) is 5.75 Å². The van der Waals surface area contributed by atoms with Crippen LogP contribution in [0.5, 0.6) is 5.75 Å². The highest BCUT2D eigenvalue weighted by atomic mass is 35.5. The van der Waals surface area contributed by atoms with Crippen LogP contribution in [0, 0.1) is 0 Å². The molecule has 1 aromatic rings. The zero-order valence-corrected chi connectivity index (χ0v) is 11.0. The quantitative estimate of drug-likeness (QED) is 0.852. The lowest BCUT2D eigenvalue weighted by molar-refractivity contribution is 0.431. The molecule has 0 saturated heterocycles. The number of hydrogen-bond acceptors (Lipinski definition) is 2. The normalized spacial score (nSPS) is 14.1. The number of nitrogens with two attached hydrogens (primary N) is 1. The summed E-state index contributed by atoms with van der Waals surface area (Å²) < 4.78 is 5.63. The van der Waals surface area contributed by atoms with E-state index in [1.807, 2.05) is 32.1 Å². The molecule has 2 nitrogen and oxygen atoms in total. The van der Waals surface area contributed by atoms with Crippen molar-refractivity contribution in [1.82, 2.24) is 0 Å². The van der Waals surface area contributed by atoms with E-state index in [1.165, 1.54) is 0 Å². The molecule has 0 bridgehead atoms. The first-order valence-corrected chi connectivity index (χ1v) is 6.22. The maximum atomic E-state index is 5.83. The average molecular weight is 252 g/mol. The zero-order valence-electron chi connectivity index (χ0n) is 10.2. The Kier molecular flexibility index (Phi) is 5.64. The Hall–Kier alpha value is -1.41. The van der Waals surface area contributed by atoms with Crippen molar-refractivity contribution in [3.63, 3.8) is 0 Å². The molecule has 0 aliphatic heterocycles. The van der Waals surface area contributed by atoms with E-state index in [0.29, 0.717) is 5.02 Å². The summed E-state index contributed by atoms with van der Waals surface area (Å²) in [5.74, 6) is 1.49. The number of allylic oxidation sites excluding steroid dienone is 3. The molecular weight excluding hydrogens is 234 g/mol. The minimum atomic E-state index is 0.698. The summed E-state index contributed by atoms with van der Waals surface area (Å²) in [6.45, 7) is 4.00. The second kappa shape index (κ2) is 7.02. The SMILES string of the molecule is CC.NC1=C(Oc2ccc(Cl)cc2)C=CCC1. The summed E-state index contributed by atoms with van der Waals surface area (Å²) in [5.41, 5.74) is 6.63. The van der Waals surface area contributed by atoms with Crippen LogP contribution in [0.25, 0.3) is 0 Å². The zero-order chi connectivity index (χ0) is 12.7. The van der Waals surface area contributed by atoms with Crippen LogP contribution in [0.15, 0.2) is 47.9 Å². The Labute approximate surface area is 108 Å². The molecule has 17 heavy (non-hydrogen) atoms. The number of rotatable bonds is 2. The molecule has 3 heteroatoms. The monoisotopic (exact) mass is 251 g/mol.